The highest BCUT2D eigenvalue weighted by atomic mass is 35.5. The molecule has 1 amide bonds. The lowest BCUT2D eigenvalue weighted by Gasteiger charge is -2.33. The van der Waals surface area contributed by atoms with Crippen molar-refractivity contribution in [2.24, 2.45) is 11.8 Å². The van der Waals surface area contributed by atoms with Gasteiger partial charge in [-0.15, -0.1) is 12.4 Å². The molecule has 2 N–H and O–H groups in total. The first kappa shape index (κ1) is 17.1. The molecule has 0 radical (unpaired) electrons. The summed E-state index contributed by atoms with van der Waals surface area (Å²) in [6.07, 6.45) is 1.11. The molecule has 1 aromatic rings. The molecule has 2 unspecified atom stereocenters. The summed E-state index contributed by atoms with van der Waals surface area (Å²) in [6.45, 7) is 4.23. The Bertz CT molecular complexity index is 544. The fraction of sp³-hybridized carbons (Fsp3) is 0.533. The van der Waals surface area contributed by atoms with Crippen LogP contribution in [0.1, 0.15) is 6.42 Å². The molecule has 22 heavy (non-hydrogen) atoms. The second-order valence-corrected chi connectivity index (χ2v) is 5.88. The standard InChI is InChI=1S/C15H19F2N3O.ClH/c16-13-2-1-12(5-14(13)17)19-15(21)9-20-4-3-10-6-18-7-11(10)8-20;/h1-2,5,10-11,18H,3-4,6-9H2,(H,19,21);1H. The van der Waals surface area contributed by atoms with Gasteiger partial charge in [0.25, 0.3) is 0 Å². The van der Waals surface area contributed by atoms with Gasteiger partial charge in [-0.2, -0.15) is 0 Å². The number of carbonyl (C=O) groups is 1. The maximum absolute atomic E-state index is 13.1. The van der Waals surface area contributed by atoms with Crippen molar-refractivity contribution < 1.29 is 13.6 Å². The second kappa shape index (κ2) is 7.35. The molecule has 0 saturated carbocycles. The van der Waals surface area contributed by atoms with E-state index in [4.69, 9.17) is 0 Å². The summed E-state index contributed by atoms with van der Waals surface area (Å²) >= 11 is 0. The van der Waals surface area contributed by atoms with Gasteiger partial charge >= 0.3 is 0 Å². The van der Waals surface area contributed by atoms with Crippen molar-refractivity contribution in [3.8, 4) is 0 Å². The quantitative estimate of drug-likeness (QED) is 0.888. The highest BCUT2D eigenvalue weighted by Crippen LogP contribution is 2.26. The van der Waals surface area contributed by atoms with Crippen molar-refractivity contribution in [2.75, 3.05) is 38.0 Å². The Labute approximate surface area is 134 Å². The summed E-state index contributed by atoms with van der Waals surface area (Å²) in [5, 5.41) is 6.00. The molecule has 0 spiro atoms. The topological polar surface area (TPSA) is 44.4 Å². The van der Waals surface area contributed by atoms with Crippen molar-refractivity contribution in [1.29, 1.82) is 0 Å². The number of hydrogen-bond acceptors (Lipinski definition) is 3. The van der Waals surface area contributed by atoms with Crippen molar-refractivity contribution in [2.45, 2.75) is 6.42 Å². The maximum atomic E-state index is 13.1. The maximum Gasteiger partial charge on any atom is 0.238 e. The van der Waals surface area contributed by atoms with E-state index in [1.54, 1.807) is 0 Å². The molecule has 0 aromatic heterocycles. The van der Waals surface area contributed by atoms with Crippen LogP contribution in [0, 0.1) is 23.5 Å². The van der Waals surface area contributed by atoms with E-state index in [1.807, 2.05) is 0 Å². The van der Waals surface area contributed by atoms with Crippen molar-refractivity contribution in [3.63, 3.8) is 0 Å². The van der Waals surface area contributed by atoms with Crippen LogP contribution in [0.4, 0.5) is 14.5 Å². The molecule has 1 aromatic carbocycles. The number of likely N-dealkylation sites (tertiary alicyclic amines) is 1. The minimum absolute atomic E-state index is 0. The molecule has 0 bridgehead atoms. The van der Waals surface area contributed by atoms with Crippen LogP contribution in [0.15, 0.2) is 18.2 Å². The van der Waals surface area contributed by atoms with E-state index in [0.717, 1.165) is 50.7 Å². The van der Waals surface area contributed by atoms with E-state index in [0.29, 0.717) is 12.5 Å². The number of nitrogens with zero attached hydrogens (tertiary/aromatic N) is 1. The molecule has 2 aliphatic rings. The van der Waals surface area contributed by atoms with E-state index < -0.39 is 11.6 Å². The van der Waals surface area contributed by atoms with E-state index in [2.05, 4.69) is 15.5 Å². The van der Waals surface area contributed by atoms with E-state index in [-0.39, 0.29) is 24.0 Å². The molecule has 2 saturated heterocycles. The molecule has 3 rings (SSSR count). The van der Waals surface area contributed by atoms with Gasteiger partial charge in [0.15, 0.2) is 11.6 Å². The first-order valence-corrected chi connectivity index (χ1v) is 7.30. The third kappa shape index (κ3) is 3.94. The SMILES string of the molecule is Cl.O=C(CN1CCC2CNCC2C1)Nc1ccc(F)c(F)c1. The number of amides is 1. The van der Waals surface area contributed by atoms with Gasteiger partial charge in [0.1, 0.15) is 0 Å². The van der Waals surface area contributed by atoms with Crippen molar-refractivity contribution in [3.05, 3.63) is 29.8 Å². The highest BCUT2D eigenvalue weighted by molar-refractivity contribution is 5.92. The zero-order valence-corrected chi connectivity index (χ0v) is 13.0. The Kier molecular flexibility index (Phi) is 5.72. The Morgan fingerprint density at radius 2 is 2.05 bits per heavy atom. The van der Waals surface area contributed by atoms with E-state index in [1.165, 1.54) is 6.07 Å². The summed E-state index contributed by atoms with van der Waals surface area (Å²) in [5.41, 5.74) is 0.288. The zero-order valence-electron chi connectivity index (χ0n) is 12.1. The van der Waals surface area contributed by atoms with E-state index >= 15 is 0 Å². The first-order chi connectivity index (χ1) is 10.1. The molecule has 2 heterocycles. The Hall–Kier alpha value is -1.24. The van der Waals surface area contributed by atoms with Crippen LogP contribution in [0.2, 0.25) is 0 Å². The molecule has 7 heteroatoms. The molecule has 4 nitrogen and oxygen atoms in total. The lowest BCUT2D eigenvalue weighted by molar-refractivity contribution is -0.117. The summed E-state index contributed by atoms with van der Waals surface area (Å²) in [6, 6.07) is 3.38. The lowest BCUT2D eigenvalue weighted by atomic mass is 9.89. The largest absolute Gasteiger partial charge is 0.325 e. The van der Waals surface area contributed by atoms with Gasteiger partial charge in [0.2, 0.25) is 5.91 Å². The average Bonchev–Trinajstić information content (AvgIpc) is 2.90. The normalized spacial score (nSPS) is 24.5. The molecule has 2 aliphatic heterocycles. The number of carbonyl (C=O) groups excluding carboxylic acids is 1. The van der Waals surface area contributed by atoms with Gasteiger partial charge in [-0.05, 0) is 50.0 Å². The van der Waals surface area contributed by atoms with Crippen LogP contribution in [-0.4, -0.2) is 43.5 Å². The number of anilines is 1. The van der Waals surface area contributed by atoms with Crippen LogP contribution in [0.3, 0.4) is 0 Å². The predicted molar refractivity (Wildman–Crippen MR) is 83.1 cm³/mol. The first-order valence-electron chi connectivity index (χ1n) is 7.30. The Balaban J connectivity index is 0.00000176. The fourth-order valence-electron chi connectivity index (χ4n) is 3.23. The van der Waals surface area contributed by atoms with Gasteiger partial charge < -0.3 is 10.6 Å². The Morgan fingerprint density at radius 3 is 2.82 bits per heavy atom. The fourth-order valence-corrected chi connectivity index (χ4v) is 3.23. The number of hydrogen-bond donors (Lipinski definition) is 2. The second-order valence-electron chi connectivity index (χ2n) is 5.88. The number of halogens is 3. The summed E-state index contributed by atoms with van der Waals surface area (Å²) < 4.78 is 25.9. The summed E-state index contributed by atoms with van der Waals surface area (Å²) in [7, 11) is 0. The summed E-state index contributed by atoms with van der Waals surface area (Å²) in [4.78, 5) is 14.1. The highest BCUT2D eigenvalue weighted by Gasteiger charge is 2.33. The Morgan fingerprint density at radius 1 is 1.27 bits per heavy atom. The van der Waals surface area contributed by atoms with Crippen LogP contribution in [-0.2, 0) is 4.79 Å². The number of nitrogens with one attached hydrogen (secondary N) is 2. The minimum atomic E-state index is -0.953. The minimum Gasteiger partial charge on any atom is -0.325 e. The predicted octanol–water partition coefficient (Wildman–Crippen LogP) is 1.87. The zero-order chi connectivity index (χ0) is 14.8. The summed E-state index contributed by atoms with van der Waals surface area (Å²) in [5.74, 6) is -0.704. The molecular formula is C15H20ClF2N3O. The number of rotatable bonds is 3. The molecule has 2 atom stereocenters. The van der Waals surface area contributed by atoms with E-state index in [9.17, 15) is 13.6 Å². The average molecular weight is 332 g/mol. The van der Waals surface area contributed by atoms with Crippen LogP contribution in [0.25, 0.3) is 0 Å². The number of benzene rings is 1. The van der Waals surface area contributed by atoms with Crippen LogP contribution >= 0.6 is 12.4 Å². The molecule has 0 aliphatic carbocycles. The molecule has 2 fully saturated rings. The molecule has 122 valence electrons. The van der Waals surface area contributed by atoms with Crippen LogP contribution in [0.5, 0.6) is 0 Å². The van der Waals surface area contributed by atoms with Gasteiger partial charge in [0, 0.05) is 18.3 Å². The monoisotopic (exact) mass is 331 g/mol. The number of piperidine rings is 1. The third-order valence-electron chi connectivity index (χ3n) is 4.36. The molecular weight excluding hydrogens is 312 g/mol. The van der Waals surface area contributed by atoms with Gasteiger partial charge in [-0.3, -0.25) is 9.69 Å². The van der Waals surface area contributed by atoms with Gasteiger partial charge in [-0.1, -0.05) is 0 Å². The van der Waals surface area contributed by atoms with Gasteiger partial charge in [0.05, 0.1) is 6.54 Å². The third-order valence-corrected chi connectivity index (χ3v) is 4.36. The number of fused-ring (bicyclic) bond motifs is 1. The van der Waals surface area contributed by atoms with Crippen molar-refractivity contribution >= 4 is 24.0 Å². The van der Waals surface area contributed by atoms with Gasteiger partial charge in [-0.25, -0.2) is 8.78 Å². The van der Waals surface area contributed by atoms with Crippen LogP contribution < -0.4 is 10.6 Å². The smallest absolute Gasteiger partial charge is 0.238 e. The van der Waals surface area contributed by atoms with Crippen molar-refractivity contribution in [1.82, 2.24) is 10.2 Å². The lowest BCUT2D eigenvalue weighted by Crippen LogP contribution is -2.43.